The number of aromatic nitrogens is 2. The van der Waals surface area contributed by atoms with Crippen LogP contribution >= 0.6 is 0 Å². The van der Waals surface area contributed by atoms with E-state index in [9.17, 15) is 4.79 Å². The zero-order chi connectivity index (χ0) is 15.4. The lowest BCUT2D eigenvalue weighted by atomic mass is 10.0. The molecule has 1 aliphatic rings. The minimum absolute atomic E-state index is 0.276. The first kappa shape index (κ1) is 14.5. The lowest BCUT2D eigenvalue weighted by Gasteiger charge is -2.13. The largest absolute Gasteiger partial charge is 0.465 e. The van der Waals surface area contributed by atoms with Crippen molar-refractivity contribution < 1.29 is 9.53 Å². The van der Waals surface area contributed by atoms with Crippen molar-refractivity contribution in [2.75, 3.05) is 19.0 Å². The SMILES string of the molecule is COC(=O)c1ccc2c(c1)CNC2CCNc1ncccn1. The third kappa shape index (κ3) is 3.07. The van der Waals surface area contributed by atoms with Crippen molar-refractivity contribution in [3.63, 3.8) is 0 Å². The fourth-order valence-corrected chi connectivity index (χ4v) is 2.66. The van der Waals surface area contributed by atoms with Gasteiger partial charge in [0.2, 0.25) is 5.95 Å². The van der Waals surface area contributed by atoms with Crippen LogP contribution in [-0.4, -0.2) is 29.6 Å². The number of nitrogens with zero attached hydrogens (tertiary/aromatic N) is 2. The van der Waals surface area contributed by atoms with Crippen molar-refractivity contribution in [1.29, 1.82) is 0 Å². The second-order valence-electron chi connectivity index (χ2n) is 5.13. The molecule has 2 N–H and O–H groups in total. The minimum atomic E-state index is -0.297. The van der Waals surface area contributed by atoms with Crippen LogP contribution in [0.2, 0.25) is 0 Å². The number of carbonyl (C=O) groups excluding carboxylic acids is 1. The van der Waals surface area contributed by atoms with Crippen LogP contribution in [0.3, 0.4) is 0 Å². The topological polar surface area (TPSA) is 76.1 Å². The fraction of sp³-hybridized carbons (Fsp3) is 0.312. The summed E-state index contributed by atoms with van der Waals surface area (Å²) in [5.74, 6) is 0.343. The van der Waals surface area contributed by atoms with Gasteiger partial charge in [-0.3, -0.25) is 0 Å². The third-order valence-electron chi connectivity index (χ3n) is 3.76. The maximum Gasteiger partial charge on any atom is 0.337 e. The summed E-state index contributed by atoms with van der Waals surface area (Å²) in [6.07, 6.45) is 4.35. The van der Waals surface area contributed by atoms with Gasteiger partial charge in [0.15, 0.2) is 0 Å². The van der Waals surface area contributed by atoms with Crippen molar-refractivity contribution >= 4 is 11.9 Å². The van der Waals surface area contributed by atoms with Crippen LogP contribution in [0.25, 0.3) is 0 Å². The second-order valence-corrected chi connectivity index (χ2v) is 5.13. The number of carbonyl (C=O) groups is 1. The van der Waals surface area contributed by atoms with Gasteiger partial charge in [0.25, 0.3) is 0 Å². The molecule has 0 bridgehead atoms. The Bertz CT molecular complexity index is 660. The lowest BCUT2D eigenvalue weighted by Crippen LogP contribution is -2.16. The van der Waals surface area contributed by atoms with Gasteiger partial charge in [-0.15, -0.1) is 0 Å². The molecular formula is C16H18N4O2. The summed E-state index contributed by atoms with van der Waals surface area (Å²) in [5, 5.41) is 6.66. The molecule has 1 aliphatic heterocycles. The molecular weight excluding hydrogens is 280 g/mol. The number of anilines is 1. The van der Waals surface area contributed by atoms with Crippen molar-refractivity contribution in [2.24, 2.45) is 0 Å². The average molecular weight is 298 g/mol. The molecule has 0 saturated heterocycles. The number of hydrogen-bond donors (Lipinski definition) is 2. The Labute approximate surface area is 128 Å². The molecule has 1 aromatic carbocycles. The van der Waals surface area contributed by atoms with E-state index in [1.54, 1.807) is 18.5 Å². The first-order valence-electron chi connectivity index (χ1n) is 7.23. The van der Waals surface area contributed by atoms with Crippen LogP contribution in [0.4, 0.5) is 5.95 Å². The van der Waals surface area contributed by atoms with E-state index in [-0.39, 0.29) is 12.0 Å². The molecule has 0 amide bonds. The van der Waals surface area contributed by atoms with Gasteiger partial charge < -0.3 is 15.4 Å². The Kier molecular flexibility index (Phi) is 4.29. The van der Waals surface area contributed by atoms with Gasteiger partial charge in [-0.05, 0) is 35.7 Å². The quantitative estimate of drug-likeness (QED) is 0.821. The summed E-state index contributed by atoms with van der Waals surface area (Å²) in [6.45, 7) is 1.55. The molecule has 1 unspecified atom stereocenters. The van der Waals surface area contributed by atoms with Crippen LogP contribution in [0.1, 0.15) is 33.9 Å². The van der Waals surface area contributed by atoms with Crippen molar-refractivity contribution in [1.82, 2.24) is 15.3 Å². The number of benzene rings is 1. The Hall–Kier alpha value is -2.47. The van der Waals surface area contributed by atoms with Crippen LogP contribution in [0, 0.1) is 0 Å². The van der Waals surface area contributed by atoms with E-state index in [0.29, 0.717) is 11.5 Å². The Morgan fingerprint density at radius 1 is 1.41 bits per heavy atom. The summed E-state index contributed by atoms with van der Waals surface area (Å²) in [6, 6.07) is 7.79. The zero-order valence-electron chi connectivity index (χ0n) is 12.4. The predicted molar refractivity (Wildman–Crippen MR) is 82.5 cm³/mol. The molecule has 2 aromatic rings. The van der Waals surface area contributed by atoms with Crippen LogP contribution in [0.15, 0.2) is 36.7 Å². The van der Waals surface area contributed by atoms with E-state index in [0.717, 1.165) is 25.1 Å². The number of nitrogens with one attached hydrogen (secondary N) is 2. The number of fused-ring (bicyclic) bond motifs is 1. The highest BCUT2D eigenvalue weighted by Crippen LogP contribution is 2.28. The van der Waals surface area contributed by atoms with E-state index < -0.39 is 0 Å². The molecule has 0 fully saturated rings. The Morgan fingerprint density at radius 2 is 2.23 bits per heavy atom. The normalized spacial score (nSPS) is 16.1. The van der Waals surface area contributed by atoms with Crippen molar-refractivity contribution in [3.8, 4) is 0 Å². The van der Waals surface area contributed by atoms with Gasteiger partial charge in [-0.1, -0.05) is 6.07 Å². The molecule has 0 spiro atoms. The number of hydrogen-bond acceptors (Lipinski definition) is 6. The first-order valence-corrected chi connectivity index (χ1v) is 7.23. The van der Waals surface area contributed by atoms with Gasteiger partial charge in [-0.25, -0.2) is 14.8 Å². The van der Waals surface area contributed by atoms with E-state index in [4.69, 9.17) is 4.74 Å². The van der Waals surface area contributed by atoms with Gasteiger partial charge in [0.05, 0.1) is 12.7 Å². The maximum absolute atomic E-state index is 11.6. The van der Waals surface area contributed by atoms with Crippen molar-refractivity contribution in [3.05, 3.63) is 53.3 Å². The molecule has 0 radical (unpaired) electrons. The average Bonchev–Trinajstić information content (AvgIpc) is 2.97. The molecule has 6 nitrogen and oxygen atoms in total. The molecule has 1 atom stereocenters. The predicted octanol–water partition coefficient (Wildman–Crippen LogP) is 1.91. The summed E-state index contributed by atoms with van der Waals surface area (Å²) in [5.41, 5.74) is 2.99. The number of rotatable bonds is 5. The zero-order valence-corrected chi connectivity index (χ0v) is 12.4. The molecule has 1 aromatic heterocycles. The summed E-state index contributed by atoms with van der Waals surface area (Å²) >= 11 is 0. The second kappa shape index (κ2) is 6.53. The smallest absolute Gasteiger partial charge is 0.337 e. The molecule has 114 valence electrons. The fourth-order valence-electron chi connectivity index (χ4n) is 2.66. The highest BCUT2D eigenvalue weighted by molar-refractivity contribution is 5.89. The van der Waals surface area contributed by atoms with Crippen LogP contribution < -0.4 is 10.6 Å². The van der Waals surface area contributed by atoms with E-state index in [1.807, 2.05) is 18.2 Å². The number of methoxy groups -OCH3 is 1. The maximum atomic E-state index is 11.6. The molecule has 2 heterocycles. The lowest BCUT2D eigenvalue weighted by molar-refractivity contribution is 0.0600. The molecule has 6 heteroatoms. The Balaban J connectivity index is 1.61. The summed E-state index contributed by atoms with van der Waals surface area (Å²) in [4.78, 5) is 19.8. The summed E-state index contributed by atoms with van der Waals surface area (Å²) < 4.78 is 4.75. The first-order chi connectivity index (χ1) is 10.8. The Morgan fingerprint density at radius 3 is 3.00 bits per heavy atom. The molecule has 0 aliphatic carbocycles. The number of esters is 1. The van der Waals surface area contributed by atoms with Crippen LogP contribution in [0.5, 0.6) is 0 Å². The van der Waals surface area contributed by atoms with E-state index >= 15 is 0 Å². The van der Waals surface area contributed by atoms with Crippen LogP contribution in [-0.2, 0) is 11.3 Å². The highest BCUT2D eigenvalue weighted by atomic mass is 16.5. The minimum Gasteiger partial charge on any atom is -0.465 e. The van der Waals surface area contributed by atoms with Gasteiger partial charge in [0, 0.05) is 31.5 Å². The summed E-state index contributed by atoms with van der Waals surface area (Å²) in [7, 11) is 1.40. The van der Waals surface area contributed by atoms with E-state index in [1.165, 1.54) is 12.7 Å². The third-order valence-corrected chi connectivity index (χ3v) is 3.76. The molecule has 0 saturated carbocycles. The van der Waals surface area contributed by atoms with Gasteiger partial charge >= 0.3 is 5.97 Å². The monoisotopic (exact) mass is 298 g/mol. The molecule has 3 rings (SSSR count). The number of ether oxygens (including phenoxy) is 1. The van der Waals surface area contributed by atoms with Gasteiger partial charge in [-0.2, -0.15) is 0 Å². The highest BCUT2D eigenvalue weighted by Gasteiger charge is 2.22. The van der Waals surface area contributed by atoms with E-state index in [2.05, 4.69) is 20.6 Å². The standard InChI is InChI=1S/C16H18N4O2/c1-22-15(21)11-3-4-13-12(9-11)10-20-14(13)5-8-19-16-17-6-2-7-18-16/h2-4,6-7,9,14,20H,5,8,10H2,1H3,(H,17,18,19). The van der Waals surface area contributed by atoms with Crippen molar-refractivity contribution in [2.45, 2.75) is 19.0 Å². The van der Waals surface area contributed by atoms with Gasteiger partial charge in [0.1, 0.15) is 0 Å². The molecule has 22 heavy (non-hydrogen) atoms.